The van der Waals surface area contributed by atoms with E-state index < -0.39 is 16.1 Å². The van der Waals surface area contributed by atoms with Gasteiger partial charge in [-0.2, -0.15) is 4.31 Å². The van der Waals surface area contributed by atoms with Gasteiger partial charge in [0.1, 0.15) is 6.04 Å². The highest BCUT2D eigenvalue weighted by atomic mass is 32.2. The molecule has 112 valence electrons. The molecule has 5 nitrogen and oxygen atoms in total. The van der Waals surface area contributed by atoms with E-state index in [0.717, 1.165) is 16.3 Å². The SMILES string of the molecule is CS(=O)(=O)N1CCC[C@H]1C(=O)Nc1ccc2sccc2c1. The van der Waals surface area contributed by atoms with Gasteiger partial charge in [-0.3, -0.25) is 4.79 Å². The van der Waals surface area contributed by atoms with Crippen LogP contribution in [0.2, 0.25) is 0 Å². The molecule has 0 unspecified atom stereocenters. The second-order valence-corrected chi connectivity index (χ2v) is 8.08. The fraction of sp³-hybridized carbons (Fsp3) is 0.357. The summed E-state index contributed by atoms with van der Waals surface area (Å²) in [7, 11) is -3.34. The Morgan fingerprint density at radius 2 is 2.19 bits per heavy atom. The zero-order chi connectivity index (χ0) is 15.0. The molecule has 0 aliphatic carbocycles. The summed E-state index contributed by atoms with van der Waals surface area (Å²) in [6.07, 6.45) is 2.43. The molecule has 1 aromatic carbocycles. The van der Waals surface area contributed by atoms with E-state index in [9.17, 15) is 13.2 Å². The molecule has 1 fully saturated rings. The Balaban J connectivity index is 1.79. The van der Waals surface area contributed by atoms with Crippen molar-refractivity contribution in [1.82, 2.24) is 4.31 Å². The highest BCUT2D eigenvalue weighted by molar-refractivity contribution is 7.88. The van der Waals surface area contributed by atoms with E-state index in [2.05, 4.69) is 5.32 Å². The molecule has 0 radical (unpaired) electrons. The van der Waals surface area contributed by atoms with Crippen LogP contribution in [0, 0.1) is 0 Å². The first-order valence-electron chi connectivity index (χ1n) is 6.70. The molecule has 0 bridgehead atoms. The molecule has 1 atom stereocenters. The predicted molar refractivity (Wildman–Crippen MR) is 85.0 cm³/mol. The van der Waals surface area contributed by atoms with Crippen LogP contribution in [0.5, 0.6) is 0 Å². The molecule has 2 heterocycles. The van der Waals surface area contributed by atoms with Gasteiger partial charge in [0.25, 0.3) is 0 Å². The first kappa shape index (κ1) is 14.5. The van der Waals surface area contributed by atoms with Gasteiger partial charge in [-0.15, -0.1) is 11.3 Å². The normalized spacial score (nSPS) is 20.0. The minimum absolute atomic E-state index is 0.257. The topological polar surface area (TPSA) is 66.5 Å². The standard InChI is InChI=1S/C14H16N2O3S2/c1-21(18,19)16-7-2-3-12(16)14(17)15-11-4-5-13-10(9-11)6-8-20-13/h4-6,8-9,12H,2-3,7H2,1H3,(H,15,17)/t12-/m0/s1. The summed E-state index contributed by atoms with van der Waals surface area (Å²) in [6, 6.07) is 7.10. The van der Waals surface area contributed by atoms with Crippen molar-refractivity contribution in [2.24, 2.45) is 0 Å². The lowest BCUT2D eigenvalue weighted by molar-refractivity contribution is -0.119. The van der Waals surface area contributed by atoms with E-state index >= 15 is 0 Å². The maximum Gasteiger partial charge on any atom is 0.242 e. The fourth-order valence-corrected chi connectivity index (χ4v) is 4.56. The number of fused-ring (bicyclic) bond motifs is 1. The lowest BCUT2D eigenvalue weighted by Gasteiger charge is -2.21. The van der Waals surface area contributed by atoms with E-state index in [1.54, 1.807) is 11.3 Å². The molecule has 0 spiro atoms. The smallest absolute Gasteiger partial charge is 0.242 e. The Morgan fingerprint density at radius 1 is 1.38 bits per heavy atom. The number of thiophene rings is 1. The van der Waals surface area contributed by atoms with Crippen LogP contribution in [0.3, 0.4) is 0 Å². The van der Waals surface area contributed by atoms with Crippen molar-refractivity contribution in [2.75, 3.05) is 18.1 Å². The van der Waals surface area contributed by atoms with Crippen molar-refractivity contribution < 1.29 is 13.2 Å². The number of rotatable bonds is 3. The third-order valence-electron chi connectivity index (χ3n) is 3.65. The van der Waals surface area contributed by atoms with Crippen LogP contribution in [-0.4, -0.2) is 37.5 Å². The minimum Gasteiger partial charge on any atom is -0.325 e. The van der Waals surface area contributed by atoms with Crippen LogP contribution in [0.4, 0.5) is 5.69 Å². The Hall–Kier alpha value is -1.44. The number of carbonyl (C=O) groups is 1. The minimum atomic E-state index is -3.34. The number of anilines is 1. The molecule has 21 heavy (non-hydrogen) atoms. The molecular formula is C14H16N2O3S2. The van der Waals surface area contributed by atoms with Gasteiger partial charge in [0.05, 0.1) is 6.26 Å². The predicted octanol–water partition coefficient (Wildman–Crippen LogP) is 2.26. The van der Waals surface area contributed by atoms with Crippen molar-refractivity contribution >= 4 is 43.0 Å². The van der Waals surface area contributed by atoms with Gasteiger partial charge in [0.15, 0.2) is 0 Å². The Bertz CT molecular complexity index is 782. The summed E-state index contributed by atoms with van der Waals surface area (Å²) < 4.78 is 25.8. The largest absolute Gasteiger partial charge is 0.325 e. The molecule has 7 heteroatoms. The summed E-state index contributed by atoms with van der Waals surface area (Å²) in [6.45, 7) is 0.417. The van der Waals surface area contributed by atoms with E-state index in [1.807, 2.05) is 29.6 Å². The Kier molecular flexibility index (Phi) is 3.73. The highest BCUT2D eigenvalue weighted by Gasteiger charge is 2.36. The summed E-state index contributed by atoms with van der Waals surface area (Å²) in [5.41, 5.74) is 0.700. The van der Waals surface area contributed by atoms with E-state index in [0.29, 0.717) is 25.1 Å². The third-order valence-corrected chi connectivity index (χ3v) is 5.84. The second kappa shape index (κ2) is 5.40. The molecule has 1 aliphatic rings. The number of nitrogens with zero attached hydrogens (tertiary/aromatic N) is 1. The molecule has 1 saturated heterocycles. The van der Waals surface area contributed by atoms with Gasteiger partial charge >= 0.3 is 0 Å². The quantitative estimate of drug-likeness (QED) is 0.942. The van der Waals surface area contributed by atoms with Crippen LogP contribution in [-0.2, 0) is 14.8 Å². The van der Waals surface area contributed by atoms with Gasteiger partial charge in [0.2, 0.25) is 15.9 Å². The van der Waals surface area contributed by atoms with E-state index in [4.69, 9.17) is 0 Å². The number of amides is 1. The van der Waals surface area contributed by atoms with Crippen LogP contribution in [0.25, 0.3) is 10.1 Å². The number of benzene rings is 1. The average Bonchev–Trinajstić information content (AvgIpc) is 3.06. The first-order valence-corrected chi connectivity index (χ1v) is 9.43. The molecule has 1 N–H and O–H groups in total. The van der Waals surface area contributed by atoms with Crippen molar-refractivity contribution in [3.8, 4) is 0 Å². The molecule has 1 amide bonds. The summed E-state index contributed by atoms with van der Waals surface area (Å²) >= 11 is 1.64. The van der Waals surface area contributed by atoms with Crippen LogP contribution < -0.4 is 5.32 Å². The summed E-state index contributed by atoms with van der Waals surface area (Å²) in [5.74, 6) is -0.257. The number of hydrogen-bond donors (Lipinski definition) is 1. The average molecular weight is 324 g/mol. The van der Waals surface area contributed by atoms with Gasteiger partial charge < -0.3 is 5.32 Å². The maximum absolute atomic E-state index is 12.3. The zero-order valence-electron chi connectivity index (χ0n) is 11.6. The molecule has 3 rings (SSSR count). The van der Waals surface area contributed by atoms with Crippen molar-refractivity contribution in [1.29, 1.82) is 0 Å². The van der Waals surface area contributed by atoms with E-state index in [1.165, 1.54) is 4.31 Å². The molecule has 1 aliphatic heterocycles. The summed E-state index contributed by atoms with van der Waals surface area (Å²) in [4.78, 5) is 12.3. The lowest BCUT2D eigenvalue weighted by atomic mass is 10.2. The van der Waals surface area contributed by atoms with E-state index in [-0.39, 0.29) is 5.91 Å². The summed E-state index contributed by atoms with van der Waals surface area (Å²) in [5, 5.41) is 5.90. The van der Waals surface area contributed by atoms with Gasteiger partial charge in [-0.1, -0.05) is 0 Å². The number of sulfonamides is 1. The molecular weight excluding hydrogens is 308 g/mol. The highest BCUT2D eigenvalue weighted by Crippen LogP contribution is 2.25. The molecule has 1 aromatic heterocycles. The van der Waals surface area contributed by atoms with Crippen LogP contribution in [0.1, 0.15) is 12.8 Å². The first-order chi connectivity index (χ1) is 9.95. The van der Waals surface area contributed by atoms with Gasteiger partial charge in [-0.25, -0.2) is 8.42 Å². The molecule has 2 aromatic rings. The number of carbonyl (C=O) groups excluding carboxylic acids is 1. The number of nitrogens with one attached hydrogen (secondary N) is 1. The van der Waals surface area contributed by atoms with Gasteiger partial charge in [0, 0.05) is 16.9 Å². The lowest BCUT2D eigenvalue weighted by Crippen LogP contribution is -2.42. The molecule has 0 saturated carbocycles. The van der Waals surface area contributed by atoms with Crippen molar-refractivity contribution in [2.45, 2.75) is 18.9 Å². The Labute approximate surface area is 127 Å². The van der Waals surface area contributed by atoms with Crippen LogP contribution in [0.15, 0.2) is 29.6 Å². The fourth-order valence-electron chi connectivity index (χ4n) is 2.67. The van der Waals surface area contributed by atoms with Crippen LogP contribution >= 0.6 is 11.3 Å². The van der Waals surface area contributed by atoms with Gasteiger partial charge in [-0.05, 0) is 47.9 Å². The third kappa shape index (κ3) is 2.95. The number of hydrogen-bond acceptors (Lipinski definition) is 4. The Morgan fingerprint density at radius 3 is 2.95 bits per heavy atom. The zero-order valence-corrected chi connectivity index (χ0v) is 13.2. The second-order valence-electron chi connectivity index (χ2n) is 5.19. The van der Waals surface area contributed by atoms with Crippen molar-refractivity contribution in [3.63, 3.8) is 0 Å². The van der Waals surface area contributed by atoms with Crippen molar-refractivity contribution in [3.05, 3.63) is 29.6 Å². The monoisotopic (exact) mass is 324 g/mol. The maximum atomic E-state index is 12.3.